The van der Waals surface area contributed by atoms with Gasteiger partial charge in [0.2, 0.25) is 0 Å². The lowest BCUT2D eigenvalue weighted by Crippen LogP contribution is -1.95. The Kier molecular flexibility index (Phi) is 6.53. The first-order chi connectivity index (χ1) is 13.7. The van der Waals surface area contributed by atoms with Crippen molar-refractivity contribution in [2.75, 3.05) is 14.2 Å². The van der Waals surface area contributed by atoms with Crippen molar-refractivity contribution < 1.29 is 14.2 Å². The lowest BCUT2D eigenvalue weighted by molar-refractivity contribution is 0.414. The Morgan fingerprint density at radius 1 is 0.786 bits per heavy atom. The predicted octanol–water partition coefficient (Wildman–Crippen LogP) is 5.90. The molecule has 0 aromatic heterocycles. The zero-order valence-electron chi connectivity index (χ0n) is 16.2. The van der Waals surface area contributed by atoms with Gasteiger partial charge in [0.1, 0.15) is 17.2 Å². The molecule has 0 unspecified atom stereocenters. The average Bonchev–Trinajstić information content (AvgIpc) is 2.76. The third kappa shape index (κ3) is 4.63. The van der Waals surface area contributed by atoms with Gasteiger partial charge in [-0.15, -0.1) is 6.58 Å². The van der Waals surface area contributed by atoms with Crippen LogP contribution in [0.2, 0.25) is 0 Å². The third-order valence-corrected chi connectivity index (χ3v) is 4.44. The van der Waals surface area contributed by atoms with Crippen molar-refractivity contribution in [2.45, 2.75) is 6.42 Å². The summed E-state index contributed by atoms with van der Waals surface area (Å²) < 4.78 is 16.7. The fourth-order valence-corrected chi connectivity index (χ4v) is 2.91. The highest BCUT2D eigenvalue weighted by Crippen LogP contribution is 2.28. The van der Waals surface area contributed by atoms with Crippen LogP contribution >= 0.6 is 0 Å². The number of benzene rings is 3. The quantitative estimate of drug-likeness (QED) is 0.364. The molecule has 0 amide bonds. The Bertz CT molecular complexity index is 889. The van der Waals surface area contributed by atoms with Gasteiger partial charge in [-0.05, 0) is 53.4 Å². The lowest BCUT2D eigenvalue weighted by Gasteiger charge is -2.12. The number of allylic oxidation sites excluding steroid dienone is 1. The predicted molar refractivity (Wildman–Crippen MR) is 114 cm³/mol. The van der Waals surface area contributed by atoms with Crippen molar-refractivity contribution in [2.24, 2.45) is 0 Å². The van der Waals surface area contributed by atoms with E-state index in [-0.39, 0.29) is 0 Å². The van der Waals surface area contributed by atoms with Gasteiger partial charge in [0, 0.05) is 5.57 Å². The lowest BCUT2D eigenvalue weighted by atomic mass is 9.99. The fraction of sp³-hybridized carbons (Fsp3) is 0.120. The largest absolute Gasteiger partial charge is 0.497 e. The molecule has 0 aliphatic rings. The average molecular weight is 372 g/mol. The molecular formula is C25H24O3. The summed E-state index contributed by atoms with van der Waals surface area (Å²) in [6.07, 6.45) is 4.43. The summed E-state index contributed by atoms with van der Waals surface area (Å²) in [7, 11) is 3.32. The van der Waals surface area contributed by atoms with Crippen LogP contribution in [0.1, 0.15) is 16.7 Å². The molecule has 0 heterocycles. The van der Waals surface area contributed by atoms with Gasteiger partial charge in [-0.25, -0.2) is 0 Å². The summed E-state index contributed by atoms with van der Waals surface area (Å²) in [5.41, 5.74) is 4.13. The van der Waals surface area contributed by atoms with E-state index in [1.165, 1.54) is 0 Å². The second kappa shape index (κ2) is 9.47. The van der Waals surface area contributed by atoms with Gasteiger partial charge < -0.3 is 14.2 Å². The van der Waals surface area contributed by atoms with Crippen LogP contribution in [0, 0.1) is 0 Å². The topological polar surface area (TPSA) is 27.7 Å². The maximum Gasteiger partial charge on any atom is 0.130 e. The van der Waals surface area contributed by atoms with E-state index < -0.39 is 0 Å². The zero-order chi connectivity index (χ0) is 19.8. The molecule has 0 bridgehead atoms. The van der Waals surface area contributed by atoms with Crippen LogP contribution in [0.5, 0.6) is 17.2 Å². The molecule has 3 nitrogen and oxygen atoms in total. The molecule has 0 saturated heterocycles. The van der Waals surface area contributed by atoms with Crippen LogP contribution in [0.25, 0.3) is 5.57 Å². The van der Waals surface area contributed by atoms with Crippen LogP contribution < -0.4 is 14.2 Å². The number of rotatable bonds is 8. The molecule has 0 radical (unpaired) electrons. The Hall–Kier alpha value is -3.46. The van der Waals surface area contributed by atoms with E-state index in [0.29, 0.717) is 0 Å². The summed E-state index contributed by atoms with van der Waals surface area (Å²) >= 11 is 0. The van der Waals surface area contributed by atoms with E-state index >= 15 is 0 Å². The molecule has 28 heavy (non-hydrogen) atoms. The highest BCUT2D eigenvalue weighted by molar-refractivity contribution is 5.79. The number of ether oxygens (including phenoxy) is 3. The molecule has 0 atom stereocenters. The molecule has 3 aromatic carbocycles. The van der Waals surface area contributed by atoms with Gasteiger partial charge >= 0.3 is 0 Å². The summed E-state index contributed by atoms with van der Waals surface area (Å²) in [5.74, 6) is 2.45. The highest BCUT2D eigenvalue weighted by Gasteiger charge is 2.08. The minimum absolute atomic E-state index is 0.754. The van der Waals surface area contributed by atoms with Crippen molar-refractivity contribution in [3.8, 4) is 17.2 Å². The van der Waals surface area contributed by atoms with Crippen molar-refractivity contribution in [1.82, 2.24) is 0 Å². The minimum Gasteiger partial charge on any atom is -0.497 e. The second-order valence-electron chi connectivity index (χ2n) is 6.21. The Morgan fingerprint density at radius 2 is 1.32 bits per heavy atom. The molecule has 0 aliphatic carbocycles. The van der Waals surface area contributed by atoms with E-state index in [4.69, 9.17) is 14.2 Å². The number of hydrogen-bond acceptors (Lipinski definition) is 3. The summed E-state index contributed by atoms with van der Waals surface area (Å²) in [4.78, 5) is 0. The van der Waals surface area contributed by atoms with Crippen LogP contribution in [-0.2, 0) is 6.42 Å². The first-order valence-electron chi connectivity index (χ1n) is 9.09. The van der Waals surface area contributed by atoms with Gasteiger partial charge in [-0.2, -0.15) is 0 Å². The number of para-hydroxylation sites is 1. The third-order valence-electron chi connectivity index (χ3n) is 4.44. The van der Waals surface area contributed by atoms with Crippen molar-refractivity contribution in [3.63, 3.8) is 0 Å². The molecule has 0 saturated carbocycles. The van der Waals surface area contributed by atoms with Crippen molar-refractivity contribution in [3.05, 3.63) is 108 Å². The van der Waals surface area contributed by atoms with Crippen LogP contribution in [0.3, 0.4) is 0 Å². The molecule has 3 heteroatoms. The number of methoxy groups -OCH3 is 2. The van der Waals surface area contributed by atoms with E-state index in [0.717, 1.165) is 45.9 Å². The molecule has 0 fully saturated rings. The smallest absolute Gasteiger partial charge is 0.130 e. The van der Waals surface area contributed by atoms with Crippen LogP contribution in [0.4, 0.5) is 0 Å². The summed E-state index contributed by atoms with van der Waals surface area (Å²) in [6.45, 7) is 3.83. The maximum atomic E-state index is 6.10. The molecule has 3 aromatic rings. The normalized spacial score (nSPS) is 10.1. The molecule has 0 spiro atoms. The van der Waals surface area contributed by atoms with Gasteiger partial charge in [0.25, 0.3) is 0 Å². The SMILES string of the molecule is C=CCc1ccccc1OC=C(c1ccc(OC)cc1)c1ccc(OC)cc1. The van der Waals surface area contributed by atoms with Gasteiger partial charge in [0.15, 0.2) is 0 Å². The van der Waals surface area contributed by atoms with E-state index in [1.54, 1.807) is 20.5 Å². The zero-order valence-corrected chi connectivity index (χ0v) is 16.2. The first-order valence-corrected chi connectivity index (χ1v) is 9.09. The molecule has 0 aliphatic heterocycles. The van der Waals surface area contributed by atoms with E-state index in [9.17, 15) is 0 Å². The van der Waals surface area contributed by atoms with Gasteiger partial charge in [-0.3, -0.25) is 0 Å². The van der Waals surface area contributed by atoms with Crippen molar-refractivity contribution >= 4 is 5.57 Å². The Morgan fingerprint density at radius 3 is 1.82 bits per heavy atom. The Balaban J connectivity index is 1.99. The maximum absolute atomic E-state index is 6.10. The van der Waals surface area contributed by atoms with Crippen LogP contribution in [0.15, 0.2) is 91.7 Å². The minimum atomic E-state index is 0.754. The van der Waals surface area contributed by atoms with E-state index in [1.807, 2.05) is 78.9 Å². The number of hydrogen-bond donors (Lipinski definition) is 0. The van der Waals surface area contributed by atoms with Gasteiger partial charge in [-0.1, -0.05) is 48.5 Å². The van der Waals surface area contributed by atoms with Crippen molar-refractivity contribution in [1.29, 1.82) is 0 Å². The monoisotopic (exact) mass is 372 g/mol. The van der Waals surface area contributed by atoms with E-state index in [2.05, 4.69) is 6.58 Å². The first kappa shape index (κ1) is 19.3. The Labute approximate surface area is 166 Å². The summed E-state index contributed by atoms with van der Waals surface area (Å²) in [6, 6.07) is 23.8. The molecule has 0 N–H and O–H groups in total. The second-order valence-corrected chi connectivity index (χ2v) is 6.21. The summed E-state index contributed by atoms with van der Waals surface area (Å²) in [5, 5.41) is 0. The highest BCUT2D eigenvalue weighted by atomic mass is 16.5. The molecule has 142 valence electrons. The fourth-order valence-electron chi connectivity index (χ4n) is 2.91. The standard InChI is InChI=1S/C25H24O3/c1-4-7-21-8-5-6-9-25(21)28-18-24(19-10-14-22(26-2)15-11-19)20-12-16-23(27-3)17-13-20/h4-6,8-18H,1,7H2,2-3H3. The molecular weight excluding hydrogens is 348 g/mol. The van der Waals surface area contributed by atoms with Gasteiger partial charge in [0.05, 0.1) is 20.5 Å². The molecule has 3 rings (SSSR count). The van der Waals surface area contributed by atoms with Crippen LogP contribution in [-0.4, -0.2) is 14.2 Å².